The standard InChI is InChI=1S/C12H19N/c1-2-3-11-4-7-12(10-13,8-5-11)9-6-11/h2-9H2,1H3. The van der Waals surface area contributed by atoms with E-state index in [4.69, 9.17) is 5.26 Å². The third-order valence-electron chi connectivity index (χ3n) is 4.42. The van der Waals surface area contributed by atoms with Crippen molar-refractivity contribution < 1.29 is 0 Å². The van der Waals surface area contributed by atoms with E-state index in [1.807, 2.05) is 0 Å². The lowest BCUT2D eigenvalue weighted by Crippen LogP contribution is -2.40. The van der Waals surface area contributed by atoms with Gasteiger partial charge in [-0.1, -0.05) is 13.3 Å². The molecule has 0 saturated heterocycles. The summed E-state index contributed by atoms with van der Waals surface area (Å²) in [5.74, 6) is 0. The molecule has 3 fully saturated rings. The molecule has 0 aromatic rings. The van der Waals surface area contributed by atoms with Crippen molar-refractivity contribution in [2.45, 2.75) is 58.3 Å². The smallest absolute Gasteiger partial charge is 0.0689 e. The van der Waals surface area contributed by atoms with E-state index in [-0.39, 0.29) is 5.41 Å². The van der Waals surface area contributed by atoms with E-state index in [1.165, 1.54) is 51.4 Å². The minimum atomic E-state index is 0.107. The third-order valence-corrected chi connectivity index (χ3v) is 4.42. The van der Waals surface area contributed by atoms with Crippen molar-refractivity contribution in [1.29, 1.82) is 5.26 Å². The molecular weight excluding hydrogens is 158 g/mol. The first-order valence-electron chi connectivity index (χ1n) is 5.66. The lowest BCUT2D eigenvalue weighted by molar-refractivity contribution is 0.0188. The van der Waals surface area contributed by atoms with Gasteiger partial charge in [0, 0.05) is 0 Å². The number of hydrogen-bond donors (Lipinski definition) is 0. The van der Waals surface area contributed by atoms with Crippen LogP contribution in [0.15, 0.2) is 0 Å². The van der Waals surface area contributed by atoms with Gasteiger partial charge in [-0.2, -0.15) is 5.26 Å². The Morgan fingerprint density at radius 3 is 2.00 bits per heavy atom. The van der Waals surface area contributed by atoms with E-state index in [2.05, 4.69) is 13.0 Å². The predicted molar refractivity (Wildman–Crippen MR) is 53.1 cm³/mol. The quantitative estimate of drug-likeness (QED) is 0.631. The Kier molecular flexibility index (Phi) is 2.10. The fourth-order valence-electron chi connectivity index (χ4n) is 3.34. The van der Waals surface area contributed by atoms with Crippen molar-refractivity contribution in [3.63, 3.8) is 0 Å². The van der Waals surface area contributed by atoms with E-state index in [0.717, 1.165) is 0 Å². The summed E-state index contributed by atoms with van der Waals surface area (Å²) in [6.45, 7) is 2.29. The van der Waals surface area contributed by atoms with Crippen LogP contribution in [0.4, 0.5) is 0 Å². The second-order valence-electron chi connectivity index (χ2n) is 5.14. The minimum Gasteiger partial charge on any atom is -0.198 e. The maximum atomic E-state index is 9.13. The van der Waals surface area contributed by atoms with Crippen LogP contribution in [0.3, 0.4) is 0 Å². The Morgan fingerprint density at radius 2 is 1.62 bits per heavy atom. The van der Waals surface area contributed by atoms with Gasteiger partial charge < -0.3 is 0 Å². The Bertz CT molecular complexity index is 211. The highest BCUT2D eigenvalue weighted by molar-refractivity contribution is 5.08. The molecular formula is C12H19N. The number of nitrogens with zero attached hydrogens (tertiary/aromatic N) is 1. The summed E-state index contributed by atoms with van der Waals surface area (Å²) < 4.78 is 0. The van der Waals surface area contributed by atoms with E-state index >= 15 is 0 Å². The van der Waals surface area contributed by atoms with Crippen LogP contribution < -0.4 is 0 Å². The summed E-state index contributed by atoms with van der Waals surface area (Å²) in [6.07, 6.45) is 10.3. The Morgan fingerprint density at radius 1 is 1.08 bits per heavy atom. The van der Waals surface area contributed by atoms with E-state index in [9.17, 15) is 0 Å². The topological polar surface area (TPSA) is 23.8 Å². The van der Waals surface area contributed by atoms with Crippen molar-refractivity contribution in [2.24, 2.45) is 10.8 Å². The van der Waals surface area contributed by atoms with Gasteiger partial charge in [-0.25, -0.2) is 0 Å². The summed E-state index contributed by atoms with van der Waals surface area (Å²) in [5.41, 5.74) is 0.767. The van der Waals surface area contributed by atoms with Crippen LogP contribution in [0.1, 0.15) is 58.3 Å². The summed E-state index contributed by atoms with van der Waals surface area (Å²) in [7, 11) is 0. The summed E-state index contributed by atoms with van der Waals surface area (Å²) in [4.78, 5) is 0. The van der Waals surface area contributed by atoms with Crippen molar-refractivity contribution >= 4 is 0 Å². The highest BCUT2D eigenvalue weighted by Crippen LogP contribution is 2.58. The molecule has 0 amide bonds. The van der Waals surface area contributed by atoms with Gasteiger partial charge in [0.15, 0.2) is 0 Å². The second kappa shape index (κ2) is 3.01. The lowest BCUT2D eigenvalue weighted by atomic mass is 9.53. The summed E-state index contributed by atoms with van der Waals surface area (Å²) in [6, 6.07) is 2.56. The normalized spacial score (nSPS) is 43.1. The van der Waals surface area contributed by atoms with E-state index in [0.29, 0.717) is 5.41 Å². The largest absolute Gasteiger partial charge is 0.198 e. The van der Waals surface area contributed by atoms with Crippen LogP contribution in [-0.2, 0) is 0 Å². The monoisotopic (exact) mass is 177 g/mol. The van der Waals surface area contributed by atoms with Crippen molar-refractivity contribution in [3.8, 4) is 6.07 Å². The highest BCUT2D eigenvalue weighted by atomic mass is 14.5. The summed E-state index contributed by atoms with van der Waals surface area (Å²) in [5, 5.41) is 9.13. The molecule has 0 atom stereocenters. The van der Waals surface area contributed by atoms with Crippen molar-refractivity contribution in [2.75, 3.05) is 0 Å². The average molecular weight is 177 g/mol. The zero-order chi connectivity index (χ0) is 9.36. The Labute approximate surface area is 81.1 Å². The fourth-order valence-corrected chi connectivity index (χ4v) is 3.34. The molecule has 0 spiro atoms. The molecule has 1 heteroatoms. The number of hydrogen-bond acceptors (Lipinski definition) is 1. The molecule has 3 rings (SSSR count). The SMILES string of the molecule is CCCC12CCC(C#N)(CC1)CC2. The van der Waals surface area contributed by atoms with Crippen LogP contribution >= 0.6 is 0 Å². The molecule has 0 heterocycles. The average Bonchev–Trinajstić information content (AvgIpc) is 2.21. The van der Waals surface area contributed by atoms with Gasteiger partial charge in [0.25, 0.3) is 0 Å². The molecule has 3 aliphatic rings. The number of nitriles is 1. The molecule has 0 aromatic carbocycles. The molecule has 0 radical (unpaired) electrons. The molecule has 0 aliphatic heterocycles. The van der Waals surface area contributed by atoms with Crippen LogP contribution in [0.25, 0.3) is 0 Å². The Balaban J connectivity index is 2.08. The van der Waals surface area contributed by atoms with E-state index in [1.54, 1.807) is 0 Å². The van der Waals surface area contributed by atoms with Gasteiger partial charge in [0.05, 0.1) is 11.5 Å². The fraction of sp³-hybridized carbons (Fsp3) is 0.917. The third kappa shape index (κ3) is 1.37. The maximum absolute atomic E-state index is 9.13. The van der Waals surface area contributed by atoms with E-state index < -0.39 is 0 Å². The van der Waals surface area contributed by atoms with Crippen LogP contribution in [0.5, 0.6) is 0 Å². The molecule has 3 saturated carbocycles. The van der Waals surface area contributed by atoms with Crippen LogP contribution in [0, 0.1) is 22.2 Å². The zero-order valence-corrected chi connectivity index (χ0v) is 8.60. The van der Waals surface area contributed by atoms with Crippen molar-refractivity contribution in [3.05, 3.63) is 0 Å². The second-order valence-corrected chi connectivity index (χ2v) is 5.14. The van der Waals surface area contributed by atoms with Gasteiger partial charge >= 0.3 is 0 Å². The highest BCUT2D eigenvalue weighted by Gasteiger charge is 2.47. The van der Waals surface area contributed by atoms with Gasteiger partial charge in [0.2, 0.25) is 0 Å². The molecule has 72 valence electrons. The minimum absolute atomic E-state index is 0.107. The first kappa shape index (κ1) is 9.06. The number of rotatable bonds is 2. The first-order valence-corrected chi connectivity index (χ1v) is 5.66. The number of fused-ring (bicyclic) bond motifs is 3. The van der Waals surface area contributed by atoms with Crippen molar-refractivity contribution in [1.82, 2.24) is 0 Å². The van der Waals surface area contributed by atoms with Gasteiger partial charge in [-0.05, 0) is 50.4 Å². The maximum Gasteiger partial charge on any atom is 0.0689 e. The zero-order valence-electron chi connectivity index (χ0n) is 8.60. The Hall–Kier alpha value is -0.510. The summed E-state index contributed by atoms with van der Waals surface area (Å²) >= 11 is 0. The molecule has 2 bridgehead atoms. The van der Waals surface area contributed by atoms with Gasteiger partial charge in [-0.3, -0.25) is 0 Å². The lowest BCUT2D eigenvalue weighted by Gasteiger charge is -2.50. The predicted octanol–water partition coefficient (Wildman–Crippen LogP) is 3.65. The molecule has 0 aromatic heterocycles. The first-order chi connectivity index (χ1) is 6.24. The van der Waals surface area contributed by atoms with Gasteiger partial charge in [0.1, 0.15) is 0 Å². The molecule has 0 unspecified atom stereocenters. The molecule has 1 nitrogen and oxygen atoms in total. The molecule has 13 heavy (non-hydrogen) atoms. The van der Waals surface area contributed by atoms with Gasteiger partial charge in [-0.15, -0.1) is 0 Å². The van der Waals surface area contributed by atoms with Crippen LogP contribution in [0.2, 0.25) is 0 Å². The van der Waals surface area contributed by atoms with Crippen LogP contribution in [-0.4, -0.2) is 0 Å². The molecule has 3 aliphatic carbocycles. The molecule has 0 N–H and O–H groups in total.